The van der Waals surface area contributed by atoms with Gasteiger partial charge in [0.05, 0.1) is 0 Å². The Bertz CT molecular complexity index is 737. The molecular weight excluding hydrogens is 286 g/mol. The summed E-state index contributed by atoms with van der Waals surface area (Å²) >= 11 is 0. The molecule has 0 aliphatic heterocycles. The summed E-state index contributed by atoms with van der Waals surface area (Å²) in [4.78, 5) is 4.57. The van der Waals surface area contributed by atoms with Gasteiger partial charge in [-0.2, -0.15) is 4.98 Å². The number of nitrogens with zero attached hydrogens (tertiary/aromatic N) is 2. The second-order valence-electron chi connectivity index (χ2n) is 5.51. The van der Waals surface area contributed by atoms with Crippen molar-refractivity contribution in [3.05, 3.63) is 71.5 Å². The van der Waals surface area contributed by atoms with E-state index in [2.05, 4.69) is 45.8 Å². The molecule has 3 rings (SSSR count). The number of hydrogen-bond donors (Lipinski definition) is 1. The van der Waals surface area contributed by atoms with E-state index in [-0.39, 0.29) is 0 Å². The highest BCUT2D eigenvalue weighted by Gasteiger charge is 2.12. The number of nitrogens with one attached hydrogen (secondary N) is 1. The minimum atomic E-state index is 0.611. The van der Waals surface area contributed by atoms with Gasteiger partial charge >= 0.3 is 0 Å². The van der Waals surface area contributed by atoms with Gasteiger partial charge in [0, 0.05) is 12.0 Å². The Morgan fingerprint density at radius 3 is 2.52 bits per heavy atom. The maximum absolute atomic E-state index is 5.48. The summed E-state index contributed by atoms with van der Waals surface area (Å²) in [6.07, 6.45) is 2.64. The Morgan fingerprint density at radius 1 is 0.913 bits per heavy atom. The van der Waals surface area contributed by atoms with Gasteiger partial charge in [-0.25, -0.2) is 0 Å². The summed E-state index contributed by atoms with van der Waals surface area (Å²) in [5.74, 6) is 1.37. The monoisotopic (exact) mass is 307 g/mol. The SMILES string of the molecule is CNCCc1ccccc1-c1nc(CCc2ccccc2)no1. The van der Waals surface area contributed by atoms with Crippen molar-refractivity contribution in [2.45, 2.75) is 19.3 Å². The molecule has 1 heterocycles. The molecule has 2 aromatic carbocycles. The van der Waals surface area contributed by atoms with Gasteiger partial charge < -0.3 is 9.84 Å². The normalized spacial score (nSPS) is 10.8. The average Bonchev–Trinajstić information content (AvgIpc) is 3.08. The summed E-state index contributed by atoms with van der Waals surface area (Å²) < 4.78 is 5.48. The summed E-state index contributed by atoms with van der Waals surface area (Å²) in [5, 5.41) is 7.30. The molecule has 0 saturated carbocycles. The van der Waals surface area contributed by atoms with Gasteiger partial charge in [-0.1, -0.05) is 53.7 Å². The smallest absolute Gasteiger partial charge is 0.258 e. The second kappa shape index (κ2) is 7.70. The van der Waals surface area contributed by atoms with E-state index in [1.165, 1.54) is 11.1 Å². The van der Waals surface area contributed by atoms with Crippen molar-refractivity contribution < 1.29 is 4.52 Å². The predicted molar refractivity (Wildman–Crippen MR) is 91.2 cm³/mol. The first-order valence-electron chi connectivity index (χ1n) is 7.96. The van der Waals surface area contributed by atoms with Crippen molar-refractivity contribution in [1.82, 2.24) is 15.5 Å². The molecule has 4 nitrogen and oxygen atoms in total. The van der Waals surface area contributed by atoms with Crippen molar-refractivity contribution in [3.63, 3.8) is 0 Å². The fourth-order valence-electron chi connectivity index (χ4n) is 2.57. The zero-order chi connectivity index (χ0) is 15.9. The van der Waals surface area contributed by atoms with Crippen LogP contribution < -0.4 is 5.32 Å². The van der Waals surface area contributed by atoms with Crippen LogP contribution in [0.15, 0.2) is 59.1 Å². The van der Waals surface area contributed by atoms with Crippen molar-refractivity contribution in [2.24, 2.45) is 0 Å². The van der Waals surface area contributed by atoms with Gasteiger partial charge in [0.15, 0.2) is 5.82 Å². The highest BCUT2D eigenvalue weighted by atomic mass is 16.5. The standard InChI is InChI=1S/C19H21N3O/c1-20-14-13-16-9-5-6-10-17(16)19-21-18(22-23-19)12-11-15-7-3-2-4-8-15/h2-10,20H,11-14H2,1H3. The zero-order valence-electron chi connectivity index (χ0n) is 13.3. The van der Waals surface area contributed by atoms with E-state index in [0.29, 0.717) is 5.89 Å². The van der Waals surface area contributed by atoms with Gasteiger partial charge in [0.1, 0.15) is 0 Å². The quantitative estimate of drug-likeness (QED) is 0.728. The van der Waals surface area contributed by atoms with Gasteiger partial charge in [-0.3, -0.25) is 0 Å². The third-order valence-corrected chi connectivity index (χ3v) is 3.84. The molecule has 0 bridgehead atoms. The molecule has 118 valence electrons. The summed E-state index contributed by atoms with van der Waals surface area (Å²) in [6.45, 7) is 0.923. The molecule has 0 unspecified atom stereocenters. The number of benzene rings is 2. The average molecular weight is 307 g/mol. The van der Waals surface area contributed by atoms with E-state index in [9.17, 15) is 0 Å². The lowest BCUT2D eigenvalue weighted by Gasteiger charge is -2.05. The Labute approximate surface area is 136 Å². The van der Waals surface area contributed by atoms with E-state index >= 15 is 0 Å². The molecule has 1 aromatic heterocycles. The largest absolute Gasteiger partial charge is 0.334 e. The summed E-state index contributed by atoms with van der Waals surface area (Å²) in [6, 6.07) is 18.6. The van der Waals surface area contributed by atoms with Crippen molar-refractivity contribution in [3.8, 4) is 11.5 Å². The topological polar surface area (TPSA) is 51.0 Å². The number of aryl methyl sites for hydroxylation is 2. The molecule has 0 fully saturated rings. The van der Waals surface area contributed by atoms with Gasteiger partial charge in [0.25, 0.3) is 5.89 Å². The van der Waals surface area contributed by atoms with E-state index in [1.807, 2.05) is 31.3 Å². The molecule has 0 amide bonds. The number of hydrogen-bond acceptors (Lipinski definition) is 4. The second-order valence-corrected chi connectivity index (χ2v) is 5.51. The lowest BCUT2D eigenvalue weighted by Crippen LogP contribution is -2.10. The molecule has 0 atom stereocenters. The molecule has 0 radical (unpaired) electrons. The van der Waals surface area contributed by atoms with Gasteiger partial charge in [0.2, 0.25) is 0 Å². The van der Waals surface area contributed by atoms with Crippen LogP contribution in [0.5, 0.6) is 0 Å². The van der Waals surface area contributed by atoms with E-state index in [4.69, 9.17) is 4.52 Å². The molecule has 3 aromatic rings. The highest BCUT2D eigenvalue weighted by Crippen LogP contribution is 2.22. The van der Waals surface area contributed by atoms with Crippen LogP contribution in [0.25, 0.3) is 11.5 Å². The molecule has 0 spiro atoms. The van der Waals surface area contributed by atoms with Crippen LogP contribution in [0.4, 0.5) is 0 Å². The fraction of sp³-hybridized carbons (Fsp3) is 0.263. The van der Waals surface area contributed by atoms with Crippen molar-refractivity contribution in [1.29, 1.82) is 0 Å². The van der Waals surface area contributed by atoms with Crippen LogP contribution >= 0.6 is 0 Å². The lowest BCUT2D eigenvalue weighted by molar-refractivity contribution is 0.422. The summed E-state index contributed by atoms with van der Waals surface area (Å²) in [5.41, 5.74) is 3.54. The molecule has 4 heteroatoms. The lowest BCUT2D eigenvalue weighted by atomic mass is 10.0. The minimum Gasteiger partial charge on any atom is -0.334 e. The van der Waals surface area contributed by atoms with Crippen molar-refractivity contribution >= 4 is 0 Å². The van der Waals surface area contributed by atoms with Crippen LogP contribution in [0.3, 0.4) is 0 Å². The first-order valence-corrected chi connectivity index (χ1v) is 7.96. The Morgan fingerprint density at radius 2 is 1.70 bits per heavy atom. The minimum absolute atomic E-state index is 0.611. The third kappa shape index (κ3) is 4.05. The Balaban J connectivity index is 1.72. The Kier molecular flexibility index (Phi) is 5.17. The van der Waals surface area contributed by atoms with E-state index in [0.717, 1.165) is 37.2 Å². The highest BCUT2D eigenvalue weighted by molar-refractivity contribution is 5.58. The summed E-state index contributed by atoms with van der Waals surface area (Å²) in [7, 11) is 1.96. The maximum Gasteiger partial charge on any atom is 0.258 e. The number of rotatable bonds is 7. The van der Waals surface area contributed by atoms with Gasteiger partial charge in [-0.15, -0.1) is 0 Å². The first-order chi connectivity index (χ1) is 11.4. The Hall–Kier alpha value is -2.46. The number of likely N-dealkylation sites (N-methyl/N-ethyl adjacent to an activating group) is 1. The molecule has 0 saturated heterocycles. The number of aromatic nitrogens is 2. The van der Waals surface area contributed by atoms with Crippen LogP contribution in [-0.4, -0.2) is 23.7 Å². The van der Waals surface area contributed by atoms with Crippen LogP contribution in [0.2, 0.25) is 0 Å². The van der Waals surface area contributed by atoms with Crippen LogP contribution in [-0.2, 0) is 19.3 Å². The van der Waals surface area contributed by atoms with E-state index in [1.54, 1.807) is 0 Å². The van der Waals surface area contributed by atoms with Crippen LogP contribution in [0.1, 0.15) is 17.0 Å². The molecule has 0 aliphatic rings. The first kappa shape index (κ1) is 15.4. The van der Waals surface area contributed by atoms with E-state index < -0.39 is 0 Å². The molecule has 1 N–H and O–H groups in total. The van der Waals surface area contributed by atoms with Crippen molar-refractivity contribution in [2.75, 3.05) is 13.6 Å². The molecule has 23 heavy (non-hydrogen) atoms. The van der Waals surface area contributed by atoms with Gasteiger partial charge in [-0.05, 0) is 43.6 Å². The fourth-order valence-corrected chi connectivity index (χ4v) is 2.57. The van der Waals surface area contributed by atoms with Crippen LogP contribution in [0, 0.1) is 0 Å². The predicted octanol–water partition coefficient (Wildman–Crippen LogP) is 3.28. The maximum atomic E-state index is 5.48. The molecule has 0 aliphatic carbocycles. The zero-order valence-corrected chi connectivity index (χ0v) is 13.3. The molecular formula is C19H21N3O. The third-order valence-electron chi connectivity index (χ3n) is 3.84.